The highest BCUT2D eigenvalue weighted by Gasteiger charge is 2.43. The zero-order valence-corrected chi connectivity index (χ0v) is 16.4. The van der Waals surface area contributed by atoms with Crippen molar-refractivity contribution in [2.24, 2.45) is 5.41 Å². The van der Waals surface area contributed by atoms with Crippen LogP contribution in [0.3, 0.4) is 0 Å². The number of nitrogens with zero attached hydrogens (tertiary/aromatic N) is 3. The molecule has 1 aromatic rings. The number of amides is 2. The number of morpholine rings is 1. The molecule has 148 valence electrons. The molecule has 1 unspecified atom stereocenters. The average molecular weight is 373 g/mol. The van der Waals surface area contributed by atoms with E-state index in [0.29, 0.717) is 13.2 Å². The molecule has 1 spiro atoms. The van der Waals surface area contributed by atoms with E-state index in [4.69, 9.17) is 9.15 Å². The summed E-state index contributed by atoms with van der Waals surface area (Å²) in [6, 6.07) is 4.13. The Morgan fingerprint density at radius 1 is 1.15 bits per heavy atom. The predicted octanol–water partition coefficient (Wildman–Crippen LogP) is 2.92. The third-order valence-electron chi connectivity index (χ3n) is 6.14. The maximum atomic E-state index is 12.9. The Hall–Kier alpha value is -1.79. The highest BCUT2D eigenvalue weighted by atomic mass is 16.5. The van der Waals surface area contributed by atoms with Gasteiger partial charge in [0.1, 0.15) is 5.76 Å². The summed E-state index contributed by atoms with van der Waals surface area (Å²) < 4.78 is 10.8. The van der Waals surface area contributed by atoms with Crippen LogP contribution in [0.4, 0.5) is 4.79 Å². The van der Waals surface area contributed by atoms with Crippen molar-refractivity contribution in [3.63, 3.8) is 0 Å². The molecule has 6 heteroatoms. The average Bonchev–Trinajstić information content (AvgIpc) is 3.32. The van der Waals surface area contributed by atoms with E-state index < -0.39 is 0 Å². The summed E-state index contributed by atoms with van der Waals surface area (Å²) in [7, 11) is 0. The molecule has 0 saturated carbocycles. The van der Waals surface area contributed by atoms with Crippen molar-refractivity contribution in [1.82, 2.24) is 14.7 Å². The van der Waals surface area contributed by atoms with Gasteiger partial charge < -0.3 is 19.0 Å². The molecule has 3 aliphatic rings. The first kappa shape index (κ1) is 18.6. The van der Waals surface area contributed by atoms with Crippen LogP contribution in [0.15, 0.2) is 28.4 Å². The molecule has 0 radical (unpaired) electrons. The SMILES string of the molecule is C/C(=C\c1ccco1)CN1CCC2(CCCN(C(=O)N3CCOCC3)C2)C1. The third kappa shape index (κ3) is 4.38. The molecular formula is C21H31N3O3. The van der Waals surface area contributed by atoms with Crippen LogP contribution < -0.4 is 0 Å². The van der Waals surface area contributed by atoms with Crippen LogP contribution in [0.2, 0.25) is 0 Å². The van der Waals surface area contributed by atoms with E-state index in [2.05, 4.69) is 22.8 Å². The summed E-state index contributed by atoms with van der Waals surface area (Å²) >= 11 is 0. The van der Waals surface area contributed by atoms with Crippen LogP contribution in [0.5, 0.6) is 0 Å². The highest BCUT2D eigenvalue weighted by Crippen LogP contribution is 2.39. The monoisotopic (exact) mass is 373 g/mol. The molecule has 0 bridgehead atoms. The van der Waals surface area contributed by atoms with Crippen molar-refractivity contribution in [3.8, 4) is 0 Å². The van der Waals surface area contributed by atoms with Crippen molar-refractivity contribution in [3.05, 3.63) is 29.7 Å². The number of rotatable bonds is 3. The van der Waals surface area contributed by atoms with Crippen LogP contribution in [0, 0.1) is 5.41 Å². The second-order valence-corrected chi connectivity index (χ2v) is 8.37. The minimum absolute atomic E-state index is 0.213. The smallest absolute Gasteiger partial charge is 0.320 e. The number of ether oxygens (including phenoxy) is 1. The minimum Gasteiger partial charge on any atom is -0.465 e. The van der Waals surface area contributed by atoms with Gasteiger partial charge in [0.15, 0.2) is 0 Å². The summed E-state index contributed by atoms with van der Waals surface area (Å²) in [6.07, 6.45) is 7.38. The van der Waals surface area contributed by atoms with E-state index in [0.717, 1.165) is 58.0 Å². The van der Waals surface area contributed by atoms with Crippen LogP contribution in [0.25, 0.3) is 6.08 Å². The van der Waals surface area contributed by atoms with E-state index in [-0.39, 0.29) is 11.4 Å². The van der Waals surface area contributed by atoms with Crippen LogP contribution >= 0.6 is 0 Å². The van der Waals surface area contributed by atoms with Gasteiger partial charge in [-0.2, -0.15) is 0 Å². The van der Waals surface area contributed by atoms with Gasteiger partial charge in [0, 0.05) is 44.7 Å². The second-order valence-electron chi connectivity index (χ2n) is 8.37. The number of urea groups is 1. The van der Waals surface area contributed by atoms with Gasteiger partial charge in [0.2, 0.25) is 0 Å². The molecule has 1 atom stereocenters. The first-order chi connectivity index (χ1) is 13.1. The Labute approximate surface area is 161 Å². The zero-order valence-electron chi connectivity index (χ0n) is 16.4. The first-order valence-corrected chi connectivity index (χ1v) is 10.2. The molecule has 3 fully saturated rings. The van der Waals surface area contributed by atoms with Crippen molar-refractivity contribution in [2.45, 2.75) is 26.2 Å². The van der Waals surface area contributed by atoms with Gasteiger partial charge in [-0.1, -0.05) is 5.57 Å². The Morgan fingerprint density at radius 2 is 2.00 bits per heavy atom. The van der Waals surface area contributed by atoms with Gasteiger partial charge >= 0.3 is 6.03 Å². The van der Waals surface area contributed by atoms with E-state index in [1.54, 1.807) is 6.26 Å². The Balaban J connectivity index is 1.34. The number of furan rings is 1. The van der Waals surface area contributed by atoms with Gasteiger partial charge in [-0.25, -0.2) is 4.79 Å². The Bertz CT molecular complexity index is 666. The van der Waals surface area contributed by atoms with Crippen LogP contribution in [-0.4, -0.2) is 79.8 Å². The molecule has 1 aromatic heterocycles. The van der Waals surface area contributed by atoms with E-state index >= 15 is 0 Å². The molecule has 27 heavy (non-hydrogen) atoms. The maximum absolute atomic E-state index is 12.9. The third-order valence-corrected chi connectivity index (χ3v) is 6.14. The lowest BCUT2D eigenvalue weighted by molar-refractivity contribution is 0.0320. The van der Waals surface area contributed by atoms with Crippen molar-refractivity contribution < 1.29 is 13.9 Å². The maximum Gasteiger partial charge on any atom is 0.320 e. The van der Waals surface area contributed by atoms with Crippen LogP contribution in [0.1, 0.15) is 31.9 Å². The van der Waals surface area contributed by atoms with Gasteiger partial charge in [0.25, 0.3) is 0 Å². The quantitative estimate of drug-likeness (QED) is 0.817. The molecule has 3 aliphatic heterocycles. The molecule has 6 nitrogen and oxygen atoms in total. The first-order valence-electron chi connectivity index (χ1n) is 10.2. The lowest BCUT2D eigenvalue weighted by Crippen LogP contribution is -2.54. The summed E-state index contributed by atoms with van der Waals surface area (Å²) in [5, 5.41) is 0. The van der Waals surface area contributed by atoms with Crippen molar-refractivity contribution >= 4 is 12.1 Å². The number of piperidine rings is 1. The Morgan fingerprint density at radius 3 is 2.78 bits per heavy atom. The molecule has 3 saturated heterocycles. The standard InChI is InChI=1S/C21H31N3O3/c1-18(14-19-4-2-11-27-19)15-22-8-6-21(16-22)5-3-7-24(17-21)20(25)23-9-12-26-13-10-23/h2,4,11,14H,3,5-10,12-13,15-17H2,1H3/b18-14+. The fourth-order valence-corrected chi connectivity index (χ4v) is 4.84. The lowest BCUT2D eigenvalue weighted by atomic mass is 9.79. The summed E-state index contributed by atoms with van der Waals surface area (Å²) in [5.41, 5.74) is 1.59. The molecule has 4 heterocycles. The number of likely N-dealkylation sites (tertiary alicyclic amines) is 2. The van der Waals surface area contributed by atoms with Gasteiger partial charge in [0.05, 0.1) is 19.5 Å². The normalized spacial score (nSPS) is 27.5. The van der Waals surface area contributed by atoms with E-state index in [9.17, 15) is 4.79 Å². The molecule has 0 N–H and O–H groups in total. The fourth-order valence-electron chi connectivity index (χ4n) is 4.84. The second kappa shape index (κ2) is 8.07. The number of carbonyl (C=O) groups is 1. The number of carbonyl (C=O) groups excluding carboxylic acids is 1. The largest absolute Gasteiger partial charge is 0.465 e. The summed E-state index contributed by atoms with van der Waals surface area (Å²) in [4.78, 5) is 19.5. The van der Waals surface area contributed by atoms with Gasteiger partial charge in [-0.05, 0) is 50.9 Å². The molecule has 0 aliphatic carbocycles. The minimum atomic E-state index is 0.213. The summed E-state index contributed by atoms with van der Waals surface area (Å²) in [5.74, 6) is 0.918. The topological polar surface area (TPSA) is 49.2 Å². The van der Waals surface area contributed by atoms with Gasteiger partial charge in [-0.15, -0.1) is 0 Å². The molecule has 2 amide bonds. The van der Waals surface area contributed by atoms with Crippen molar-refractivity contribution in [1.29, 1.82) is 0 Å². The number of hydrogen-bond acceptors (Lipinski definition) is 4. The number of hydrogen-bond donors (Lipinski definition) is 0. The lowest BCUT2D eigenvalue weighted by Gasteiger charge is -2.42. The van der Waals surface area contributed by atoms with E-state index in [1.165, 1.54) is 18.4 Å². The van der Waals surface area contributed by atoms with Gasteiger partial charge in [-0.3, -0.25) is 4.90 Å². The fraction of sp³-hybridized carbons (Fsp3) is 0.667. The Kier molecular flexibility index (Phi) is 5.55. The van der Waals surface area contributed by atoms with Crippen molar-refractivity contribution in [2.75, 3.05) is 59.0 Å². The predicted molar refractivity (Wildman–Crippen MR) is 104 cm³/mol. The van der Waals surface area contributed by atoms with Crippen LogP contribution in [-0.2, 0) is 4.74 Å². The highest BCUT2D eigenvalue weighted by molar-refractivity contribution is 5.74. The zero-order chi connectivity index (χ0) is 18.7. The van der Waals surface area contributed by atoms with E-state index in [1.807, 2.05) is 17.0 Å². The summed E-state index contributed by atoms with van der Waals surface area (Å²) in [6.45, 7) is 9.93. The molecular weight excluding hydrogens is 342 g/mol. The molecule has 4 rings (SSSR count). The molecule has 0 aromatic carbocycles.